The van der Waals surface area contributed by atoms with Crippen LogP contribution in [0.1, 0.15) is 27.0 Å². The summed E-state index contributed by atoms with van der Waals surface area (Å²) in [6, 6.07) is 11.0. The number of aryl methyl sites for hydroxylation is 1. The lowest BCUT2D eigenvalue weighted by atomic mass is 10.1. The molecule has 0 saturated carbocycles. The number of anilines is 1. The Morgan fingerprint density at radius 1 is 1.13 bits per heavy atom. The molecule has 0 aliphatic heterocycles. The maximum atomic E-state index is 14.0. The zero-order valence-electron chi connectivity index (χ0n) is 15.7. The van der Waals surface area contributed by atoms with Crippen molar-refractivity contribution < 1.29 is 27.8 Å². The molecular formula is C21H17FN2O5S. The highest BCUT2D eigenvalue weighted by Gasteiger charge is 2.16. The van der Waals surface area contributed by atoms with E-state index in [-0.39, 0.29) is 16.3 Å². The predicted octanol–water partition coefficient (Wildman–Crippen LogP) is 3.90. The largest absolute Gasteiger partial charge is 0.507 e. The molecule has 0 saturated heterocycles. The van der Waals surface area contributed by atoms with Gasteiger partial charge in [-0.2, -0.15) is 0 Å². The smallest absolute Gasteiger partial charge is 0.339 e. The number of phenols is 1. The number of halogens is 1. The molecule has 2 aromatic carbocycles. The summed E-state index contributed by atoms with van der Waals surface area (Å²) in [7, 11) is -3.84. The average Bonchev–Trinajstić information content (AvgIpc) is 2.69. The fourth-order valence-electron chi connectivity index (χ4n) is 2.60. The zero-order valence-corrected chi connectivity index (χ0v) is 16.5. The highest BCUT2D eigenvalue weighted by Crippen LogP contribution is 2.24. The number of aromatic nitrogens is 1. The van der Waals surface area contributed by atoms with Crippen LogP contribution in [0.25, 0.3) is 12.2 Å². The Morgan fingerprint density at radius 2 is 1.83 bits per heavy atom. The van der Waals surface area contributed by atoms with Crippen LogP contribution in [-0.2, 0) is 10.0 Å². The molecule has 154 valence electrons. The monoisotopic (exact) mass is 428 g/mol. The van der Waals surface area contributed by atoms with E-state index in [1.54, 1.807) is 19.1 Å². The maximum absolute atomic E-state index is 14.0. The van der Waals surface area contributed by atoms with Crippen LogP contribution < -0.4 is 4.72 Å². The third-order valence-electron chi connectivity index (χ3n) is 4.23. The Morgan fingerprint density at radius 3 is 2.47 bits per heavy atom. The van der Waals surface area contributed by atoms with Gasteiger partial charge in [0, 0.05) is 17.8 Å². The van der Waals surface area contributed by atoms with Crippen LogP contribution in [0.4, 0.5) is 10.2 Å². The lowest BCUT2D eigenvalue weighted by molar-refractivity contribution is 0.0693. The highest BCUT2D eigenvalue weighted by molar-refractivity contribution is 7.92. The number of hydrogen-bond donors (Lipinski definition) is 3. The molecule has 3 aromatic rings. The first kappa shape index (κ1) is 21.0. The second-order valence-electron chi connectivity index (χ2n) is 6.37. The number of benzene rings is 2. The summed E-state index contributed by atoms with van der Waals surface area (Å²) in [6.07, 6.45) is 4.31. The molecule has 1 aromatic heterocycles. The Hall–Kier alpha value is -3.72. The number of aromatic hydroxyl groups is 1. The van der Waals surface area contributed by atoms with E-state index < -0.39 is 33.1 Å². The van der Waals surface area contributed by atoms with E-state index in [2.05, 4.69) is 9.71 Å². The van der Waals surface area contributed by atoms with Crippen molar-refractivity contribution >= 4 is 34.0 Å². The molecule has 0 aliphatic rings. The molecule has 0 aliphatic carbocycles. The molecule has 0 spiro atoms. The number of carboxylic acids is 1. The number of aromatic carboxylic acids is 1. The van der Waals surface area contributed by atoms with Crippen LogP contribution in [0.5, 0.6) is 5.75 Å². The summed E-state index contributed by atoms with van der Waals surface area (Å²) in [5, 5.41) is 18.5. The van der Waals surface area contributed by atoms with Crippen LogP contribution >= 0.6 is 0 Å². The quantitative estimate of drug-likeness (QED) is 0.513. The van der Waals surface area contributed by atoms with Gasteiger partial charge in [-0.15, -0.1) is 0 Å². The van der Waals surface area contributed by atoms with Crippen LogP contribution in [0, 0.1) is 12.7 Å². The fourth-order valence-corrected chi connectivity index (χ4v) is 3.68. The van der Waals surface area contributed by atoms with E-state index in [4.69, 9.17) is 5.11 Å². The minimum atomic E-state index is -3.84. The molecule has 0 radical (unpaired) electrons. The summed E-state index contributed by atoms with van der Waals surface area (Å²) >= 11 is 0. The van der Waals surface area contributed by atoms with Crippen LogP contribution in [0.15, 0.2) is 59.6 Å². The number of sulfonamides is 1. The number of hydrogen-bond acceptors (Lipinski definition) is 5. The minimum Gasteiger partial charge on any atom is -0.507 e. The molecule has 9 heteroatoms. The first-order chi connectivity index (χ1) is 14.2. The van der Waals surface area contributed by atoms with Crippen molar-refractivity contribution in [1.82, 2.24) is 4.98 Å². The maximum Gasteiger partial charge on any atom is 0.339 e. The van der Waals surface area contributed by atoms with E-state index in [1.807, 2.05) is 0 Å². The van der Waals surface area contributed by atoms with Crippen molar-refractivity contribution in [2.24, 2.45) is 0 Å². The Balaban J connectivity index is 1.82. The Bertz CT molecular complexity index is 1240. The van der Waals surface area contributed by atoms with Gasteiger partial charge in [0.1, 0.15) is 22.9 Å². The van der Waals surface area contributed by atoms with E-state index in [0.717, 1.165) is 12.1 Å². The van der Waals surface area contributed by atoms with Crippen LogP contribution in [0.3, 0.4) is 0 Å². The fraction of sp³-hybridized carbons (Fsp3) is 0.0476. The average molecular weight is 428 g/mol. The first-order valence-corrected chi connectivity index (χ1v) is 10.1. The third-order valence-corrected chi connectivity index (χ3v) is 5.59. The molecule has 30 heavy (non-hydrogen) atoms. The van der Waals surface area contributed by atoms with E-state index >= 15 is 0 Å². The third kappa shape index (κ3) is 4.64. The van der Waals surface area contributed by atoms with Gasteiger partial charge in [-0.05, 0) is 42.3 Å². The molecule has 0 atom stereocenters. The van der Waals surface area contributed by atoms with Crippen molar-refractivity contribution in [3.8, 4) is 5.75 Å². The summed E-state index contributed by atoms with van der Waals surface area (Å²) in [5.74, 6) is -2.60. The number of pyridine rings is 1. The standard InChI is InChI=1S/C21H17FN2O5S/c1-13-3-2-10-23-20(13)24-30(28,29)16-8-5-14(6-9-16)4-7-15-11-17(21(26)27)19(25)12-18(15)22/h2-12,25H,1H3,(H,23,24)(H,26,27). The second kappa shape index (κ2) is 8.34. The summed E-state index contributed by atoms with van der Waals surface area (Å²) in [6.45, 7) is 1.73. The van der Waals surface area contributed by atoms with E-state index in [0.29, 0.717) is 11.1 Å². The Kier molecular flexibility index (Phi) is 5.84. The van der Waals surface area contributed by atoms with E-state index in [9.17, 15) is 22.7 Å². The van der Waals surface area contributed by atoms with Crippen molar-refractivity contribution in [3.05, 3.63) is 82.8 Å². The van der Waals surface area contributed by atoms with Crippen LogP contribution in [0.2, 0.25) is 0 Å². The first-order valence-electron chi connectivity index (χ1n) is 8.66. The van der Waals surface area contributed by atoms with Gasteiger partial charge in [-0.3, -0.25) is 4.72 Å². The minimum absolute atomic E-state index is 0.0219. The van der Waals surface area contributed by atoms with Gasteiger partial charge in [0.15, 0.2) is 0 Å². The molecule has 3 rings (SSSR count). The zero-order chi connectivity index (χ0) is 21.9. The molecule has 0 amide bonds. The predicted molar refractivity (Wildman–Crippen MR) is 110 cm³/mol. The van der Waals surface area contributed by atoms with E-state index in [1.165, 1.54) is 42.6 Å². The van der Waals surface area contributed by atoms with Crippen LogP contribution in [-0.4, -0.2) is 29.6 Å². The van der Waals surface area contributed by atoms with Gasteiger partial charge in [-0.1, -0.05) is 30.4 Å². The second-order valence-corrected chi connectivity index (χ2v) is 8.06. The van der Waals surface area contributed by atoms with Crippen molar-refractivity contribution in [1.29, 1.82) is 0 Å². The van der Waals surface area contributed by atoms with Crippen molar-refractivity contribution in [2.45, 2.75) is 11.8 Å². The summed E-state index contributed by atoms with van der Waals surface area (Å²) in [5.41, 5.74) is 0.784. The number of carboxylic acid groups (broad SMARTS) is 1. The molecule has 0 fully saturated rings. The number of nitrogens with zero attached hydrogens (tertiary/aromatic N) is 1. The van der Waals surface area contributed by atoms with Crippen molar-refractivity contribution in [3.63, 3.8) is 0 Å². The topological polar surface area (TPSA) is 117 Å². The number of rotatable bonds is 6. The van der Waals surface area contributed by atoms with Gasteiger partial charge in [0.05, 0.1) is 4.90 Å². The number of carbonyl (C=O) groups is 1. The number of nitrogens with one attached hydrogen (secondary N) is 1. The Labute approximate surface area is 172 Å². The molecule has 3 N–H and O–H groups in total. The summed E-state index contributed by atoms with van der Waals surface area (Å²) in [4.78, 5) is 15.1. The molecular weight excluding hydrogens is 411 g/mol. The SMILES string of the molecule is Cc1cccnc1NS(=O)(=O)c1ccc(C=Cc2cc(C(=O)O)c(O)cc2F)cc1. The van der Waals surface area contributed by atoms with Gasteiger partial charge >= 0.3 is 5.97 Å². The molecule has 7 nitrogen and oxygen atoms in total. The molecule has 0 bridgehead atoms. The van der Waals surface area contributed by atoms with Gasteiger partial charge in [0.25, 0.3) is 10.0 Å². The highest BCUT2D eigenvalue weighted by atomic mass is 32.2. The molecule has 0 unspecified atom stereocenters. The van der Waals surface area contributed by atoms with Gasteiger partial charge in [0.2, 0.25) is 0 Å². The lowest BCUT2D eigenvalue weighted by Gasteiger charge is -2.09. The van der Waals surface area contributed by atoms with Crippen molar-refractivity contribution in [2.75, 3.05) is 4.72 Å². The normalized spacial score (nSPS) is 11.5. The van der Waals surface area contributed by atoms with Gasteiger partial charge < -0.3 is 10.2 Å². The lowest BCUT2D eigenvalue weighted by Crippen LogP contribution is -2.14. The molecule has 1 heterocycles. The van der Waals surface area contributed by atoms with Gasteiger partial charge in [-0.25, -0.2) is 22.6 Å². The summed E-state index contributed by atoms with van der Waals surface area (Å²) < 4.78 is 41.4.